The summed E-state index contributed by atoms with van der Waals surface area (Å²) < 4.78 is 10.5. The molecule has 8 nitrogen and oxygen atoms in total. The molecule has 0 aliphatic carbocycles. The number of methoxy groups -OCH3 is 1. The summed E-state index contributed by atoms with van der Waals surface area (Å²) in [4.78, 5) is 10.8. The number of nitro groups is 1. The van der Waals surface area contributed by atoms with Crippen LogP contribution in [0.15, 0.2) is 47.6 Å². The molecular weight excluding hydrogens is 368 g/mol. The first-order valence-corrected chi connectivity index (χ1v) is 8.56. The number of nitrogens with zero attached hydrogens (tertiary/aromatic N) is 2. The third-order valence-corrected chi connectivity index (χ3v) is 3.67. The Morgan fingerprint density at radius 2 is 2.07 bits per heavy atom. The van der Waals surface area contributed by atoms with Crippen molar-refractivity contribution in [3.63, 3.8) is 0 Å². The molecule has 9 heteroatoms. The van der Waals surface area contributed by atoms with Crippen molar-refractivity contribution in [2.24, 2.45) is 5.10 Å². The number of benzene rings is 2. The SMILES string of the molecule is CCOc1c(OC)cc(/C=N\NC(=S)NCc2ccccc2)cc1[N+](=O)[O-]. The van der Waals surface area contributed by atoms with E-state index >= 15 is 0 Å². The van der Waals surface area contributed by atoms with Gasteiger partial charge >= 0.3 is 5.69 Å². The molecule has 0 heterocycles. The lowest BCUT2D eigenvalue weighted by molar-refractivity contribution is -0.385. The molecule has 0 radical (unpaired) electrons. The number of nitro benzene ring substituents is 1. The van der Waals surface area contributed by atoms with Crippen LogP contribution in [0.25, 0.3) is 0 Å². The van der Waals surface area contributed by atoms with E-state index in [2.05, 4.69) is 15.8 Å². The van der Waals surface area contributed by atoms with Gasteiger partial charge in [-0.2, -0.15) is 5.10 Å². The van der Waals surface area contributed by atoms with Gasteiger partial charge < -0.3 is 14.8 Å². The average Bonchev–Trinajstić information content (AvgIpc) is 2.68. The molecular formula is C18H20N4O4S. The van der Waals surface area contributed by atoms with Crippen LogP contribution in [-0.2, 0) is 6.54 Å². The summed E-state index contributed by atoms with van der Waals surface area (Å²) in [6.45, 7) is 2.59. The highest BCUT2D eigenvalue weighted by Gasteiger charge is 2.21. The summed E-state index contributed by atoms with van der Waals surface area (Å²) in [5, 5.41) is 18.7. The number of hydrazone groups is 1. The largest absolute Gasteiger partial charge is 0.493 e. The van der Waals surface area contributed by atoms with Crippen LogP contribution < -0.4 is 20.2 Å². The molecule has 0 spiro atoms. The van der Waals surface area contributed by atoms with Gasteiger partial charge in [0.05, 0.1) is 24.9 Å². The number of ether oxygens (including phenoxy) is 2. The van der Waals surface area contributed by atoms with Crippen LogP contribution in [0.2, 0.25) is 0 Å². The van der Waals surface area contributed by atoms with Gasteiger partial charge in [-0.25, -0.2) is 0 Å². The predicted octanol–water partition coefficient (Wildman–Crippen LogP) is 3.00. The molecule has 0 saturated heterocycles. The Labute approximate surface area is 162 Å². The van der Waals surface area contributed by atoms with Gasteiger partial charge in [0.2, 0.25) is 5.75 Å². The Morgan fingerprint density at radius 1 is 1.33 bits per heavy atom. The van der Waals surface area contributed by atoms with E-state index < -0.39 is 4.92 Å². The van der Waals surface area contributed by atoms with Crippen molar-refractivity contribution in [3.8, 4) is 11.5 Å². The van der Waals surface area contributed by atoms with Crippen molar-refractivity contribution in [1.29, 1.82) is 0 Å². The lowest BCUT2D eigenvalue weighted by Crippen LogP contribution is -2.31. The summed E-state index contributed by atoms with van der Waals surface area (Å²) in [5.74, 6) is 0.354. The fraction of sp³-hybridized carbons (Fsp3) is 0.222. The maximum Gasteiger partial charge on any atom is 0.315 e. The fourth-order valence-electron chi connectivity index (χ4n) is 2.24. The van der Waals surface area contributed by atoms with Crippen LogP contribution in [-0.4, -0.2) is 30.0 Å². The Morgan fingerprint density at radius 3 is 2.70 bits per heavy atom. The highest BCUT2D eigenvalue weighted by Crippen LogP contribution is 2.37. The normalized spacial score (nSPS) is 10.4. The maximum absolute atomic E-state index is 11.3. The van der Waals surface area contributed by atoms with Gasteiger partial charge in [-0.1, -0.05) is 30.3 Å². The monoisotopic (exact) mass is 388 g/mol. The molecule has 2 rings (SSSR count). The number of hydrogen-bond donors (Lipinski definition) is 2. The Kier molecular flexibility index (Phi) is 7.50. The van der Waals surface area contributed by atoms with Gasteiger partial charge in [0.15, 0.2) is 10.9 Å². The van der Waals surface area contributed by atoms with Gasteiger partial charge in [0.25, 0.3) is 0 Å². The van der Waals surface area contributed by atoms with Crippen LogP contribution in [0.4, 0.5) is 5.69 Å². The minimum Gasteiger partial charge on any atom is -0.493 e. The van der Waals surface area contributed by atoms with Crippen LogP contribution in [0.5, 0.6) is 11.5 Å². The van der Waals surface area contributed by atoms with Gasteiger partial charge in [-0.05, 0) is 30.8 Å². The van der Waals surface area contributed by atoms with E-state index in [1.807, 2.05) is 30.3 Å². The highest BCUT2D eigenvalue weighted by atomic mass is 32.1. The summed E-state index contributed by atoms with van der Waals surface area (Å²) in [6, 6.07) is 12.7. The zero-order chi connectivity index (χ0) is 19.6. The van der Waals surface area contributed by atoms with Crippen molar-refractivity contribution in [2.75, 3.05) is 13.7 Å². The van der Waals surface area contributed by atoms with E-state index in [-0.39, 0.29) is 23.8 Å². The van der Waals surface area contributed by atoms with Crippen molar-refractivity contribution in [1.82, 2.24) is 10.7 Å². The first-order chi connectivity index (χ1) is 13.0. The van der Waals surface area contributed by atoms with Crippen molar-refractivity contribution >= 4 is 29.2 Å². The third-order valence-electron chi connectivity index (χ3n) is 3.44. The Balaban J connectivity index is 2.04. The van der Waals surface area contributed by atoms with Crippen molar-refractivity contribution in [3.05, 3.63) is 63.7 Å². The van der Waals surface area contributed by atoms with Crippen LogP contribution in [0, 0.1) is 10.1 Å². The van der Waals surface area contributed by atoms with Gasteiger partial charge in [-0.3, -0.25) is 15.5 Å². The molecule has 2 aromatic carbocycles. The minimum atomic E-state index is -0.523. The molecule has 0 fully saturated rings. The zero-order valence-corrected chi connectivity index (χ0v) is 15.8. The van der Waals surface area contributed by atoms with Crippen LogP contribution in [0.3, 0.4) is 0 Å². The molecule has 2 N–H and O–H groups in total. The second kappa shape index (κ2) is 10.1. The van der Waals surface area contributed by atoms with E-state index in [0.717, 1.165) is 5.56 Å². The van der Waals surface area contributed by atoms with E-state index in [9.17, 15) is 10.1 Å². The number of rotatable bonds is 8. The molecule has 0 aromatic heterocycles. The van der Waals surface area contributed by atoms with Gasteiger partial charge in [-0.15, -0.1) is 0 Å². The second-order valence-electron chi connectivity index (χ2n) is 5.30. The summed E-state index contributed by atoms with van der Waals surface area (Å²) in [6.07, 6.45) is 1.42. The Bertz CT molecular complexity index is 828. The minimum absolute atomic E-state index is 0.0927. The van der Waals surface area contributed by atoms with E-state index in [1.165, 1.54) is 19.4 Å². The van der Waals surface area contributed by atoms with Gasteiger partial charge in [0, 0.05) is 18.2 Å². The molecule has 0 bridgehead atoms. The Hall–Kier alpha value is -3.20. The topological polar surface area (TPSA) is 98.0 Å². The summed E-state index contributed by atoms with van der Waals surface area (Å²) >= 11 is 5.15. The molecule has 0 aliphatic heterocycles. The van der Waals surface area contributed by atoms with Crippen LogP contribution in [0.1, 0.15) is 18.1 Å². The molecule has 2 aromatic rings. The molecule has 142 valence electrons. The quantitative estimate of drug-likeness (QED) is 0.310. The van der Waals surface area contributed by atoms with Crippen molar-refractivity contribution < 1.29 is 14.4 Å². The average molecular weight is 388 g/mol. The van der Waals surface area contributed by atoms with Gasteiger partial charge in [0.1, 0.15) is 0 Å². The predicted molar refractivity (Wildman–Crippen MR) is 107 cm³/mol. The standard InChI is InChI=1S/C18H20N4O4S/c1-3-26-17-15(22(23)24)9-14(10-16(17)25-2)12-20-21-18(27)19-11-13-7-5-4-6-8-13/h4-10,12H,3,11H2,1-2H3,(H2,19,21,27)/b20-12-. The zero-order valence-electron chi connectivity index (χ0n) is 15.0. The third kappa shape index (κ3) is 5.93. The molecule has 0 atom stereocenters. The first-order valence-electron chi connectivity index (χ1n) is 8.15. The van der Waals surface area contributed by atoms with Crippen molar-refractivity contribution in [2.45, 2.75) is 13.5 Å². The highest BCUT2D eigenvalue weighted by molar-refractivity contribution is 7.80. The molecule has 27 heavy (non-hydrogen) atoms. The molecule has 0 unspecified atom stereocenters. The summed E-state index contributed by atoms with van der Waals surface area (Å²) in [7, 11) is 1.42. The molecule has 0 amide bonds. The fourth-order valence-corrected chi connectivity index (χ4v) is 2.37. The first kappa shape index (κ1) is 20.1. The maximum atomic E-state index is 11.3. The van der Waals surface area contributed by atoms with Crippen LogP contribution >= 0.6 is 12.2 Å². The lowest BCUT2D eigenvalue weighted by atomic mass is 10.2. The molecule has 0 aliphatic rings. The number of nitrogens with one attached hydrogen (secondary N) is 2. The molecule has 0 saturated carbocycles. The lowest BCUT2D eigenvalue weighted by Gasteiger charge is -2.10. The number of hydrogen-bond acceptors (Lipinski definition) is 6. The second-order valence-corrected chi connectivity index (χ2v) is 5.71. The smallest absolute Gasteiger partial charge is 0.315 e. The van der Waals surface area contributed by atoms with E-state index in [0.29, 0.717) is 17.2 Å². The number of thiocarbonyl (C=S) groups is 1. The van der Waals surface area contributed by atoms with E-state index in [4.69, 9.17) is 21.7 Å². The summed E-state index contributed by atoms with van der Waals surface area (Å²) in [5.41, 5.74) is 4.04. The van der Waals surface area contributed by atoms with E-state index in [1.54, 1.807) is 13.0 Å².